The molecule has 1 aromatic heterocycles. The van der Waals surface area contributed by atoms with Crippen LogP contribution in [-0.4, -0.2) is 34.7 Å². The van der Waals surface area contributed by atoms with Gasteiger partial charge >= 0.3 is 0 Å². The molecule has 0 aliphatic heterocycles. The molecule has 0 saturated heterocycles. The van der Waals surface area contributed by atoms with Crippen LogP contribution in [0.15, 0.2) is 10.7 Å². The molecule has 7 heteroatoms. The number of nitro groups is 1. The van der Waals surface area contributed by atoms with Gasteiger partial charge in [-0.3, -0.25) is 10.1 Å². The summed E-state index contributed by atoms with van der Waals surface area (Å²) in [4.78, 5) is 16.1. The minimum absolute atomic E-state index is 0.0132. The van der Waals surface area contributed by atoms with Gasteiger partial charge in [0.2, 0.25) is 0 Å². The fraction of sp³-hybridized carbons (Fsp3) is 0.500. The van der Waals surface area contributed by atoms with Gasteiger partial charge < -0.3 is 10.0 Å². The lowest BCUT2D eigenvalue weighted by Gasteiger charge is -2.25. The van der Waals surface area contributed by atoms with Crippen LogP contribution in [-0.2, 0) is 0 Å². The topological polar surface area (TPSA) is 79.5 Å². The maximum absolute atomic E-state index is 10.7. The molecule has 0 radical (unpaired) electrons. The maximum atomic E-state index is 10.7. The zero-order valence-electron chi connectivity index (χ0n) is 9.85. The van der Waals surface area contributed by atoms with Crippen LogP contribution in [0.2, 0.25) is 0 Å². The van der Waals surface area contributed by atoms with E-state index in [2.05, 4.69) is 20.9 Å². The average Bonchev–Trinajstić information content (AvgIpc) is 2.30. The Balaban J connectivity index is 3.21. The van der Waals surface area contributed by atoms with E-state index in [-0.39, 0.29) is 18.3 Å². The summed E-state index contributed by atoms with van der Waals surface area (Å²) in [6.45, 7) is 3.48. The van der Waals surface area contributed by atoms with E-state index >= 15 is 0 Å². The Morgan fingerprint density at radius 2 is 2.29 bits per heavy atom. The fourth-order valence-corrected chi connectivity index (χ4v) is 1.90. The van der Waals surface area contributed by atoms with E-state index in [1.165, 1.54) is 6.20 Å². The molecule has 6 nitrogen and oxygen atoms in total. The highest BCUT2D eigenvalue weighted by Crippen LogP contribution is 2.32. The molecule has 0 bridgehead atoms. The molecule has 94 valence electrons. The van der Waals surface area contributed by atoms with Crippen molar-refractivity contribution in [3.8, 4) is 0 Å². The van der Waals surface area contributed by atoms with Crippen molar-refractivity contribution >= 4 is 27.4 Å². The predicted molar refractivity (Wildman–Crippen MR) is 68.3 cm³/mol. The Morgan fingerprint density at radius 1 is 1.71 bits per heavy atom. The Morgan fingerprint density at radius 3 is 2.76 bits per heavy atom. The van der Waals surface area contributed by atoms with Gasteiger partial charge in [-0.15, -0.1) is 0 Å². The van der Waals surface area contributed by atoms with Crippen LogP contribution in [0.1, 0.15) is 12.5 Å². The van der Waals surface area contributed by atoms with Gasteiger partial charge in [-0.2, -0.15) is 0 Å². The molecule has 0 saturated carbocycles. The second-order valence-corrected chi connectivity index (χ2v) is 4.60. The summed E-state index contributed by atoms with van der Waals surface area (Å²) in [6, 6.07) is -0.111. The minimum atomic E-state index is -0.466. The van der Waals surface area contributed by atoms with Gasteiger partial charge in [-0.05, 0) is 29.8 Å². The first kappa shape index (κ1) is 13.9. The molecular weight excluding hydrogens is 290 g/mol. The lowest BCUT2D eigenvalue weighted by atomic mass is 10.2. The van der Waals surface area contributed by atoms with Crippen LogP contribution in [0.5, 0.6) is 0 Å². The number of hydrogen-bond acceptors (Lipinski definition) is 5. The molecule has 1 aromatic rings. The molecule has 0 aromatic carbocycles. The highest BCUT2D eigenvalue weighted by atomic mass is 79.9. The summed E-state index contributed by atoms with van der Waals surface area (Å²) >= 11 is 3.31. The van der Waals surface area contributed by atoms with E-state index in [0.29, 0.717) is 15.9 Å². The molecule has 1 rings (SSSR count). The molecule has 17 heavy (non-hydrogen) atoms. The molecule has 1 unspecified atom stereocenters. The van der Waals surface area contributed by atoms with Crippen LogP contribution < -0.4 is 4.90 Å². The highest BCUT2D eigenvalue weighted by Gasteiger charge is 2.20. The monoisotopic (exact) mass is 303 g/mol. The van der Waals surface area contributed by atoms with Gasteiger partial charge in [0.15, 0.2) is 0 Å². The van der Waals surface area contributed by atoms with Crippen molar-refractivity contribution in [3.05, 3.63) is 26.3 Å². The number of aliphatic hydroxyl groups excluding tert-OH is 1. The number of likely N-dealkylation sites (N-methyl/N-ethyl adjacent to an activating group) is 1. The summed E-state index contributed by atoms with van der Waals surface area (Å²) in [5.41, 5.74) is 0.502. The van der Waals surface area contributed by atoms with Crippen LogP contribution >= 0.6 is 15.9 Å². The highest BCUT2D eigenvalue weighted by molar-refractivity contribution is 9.10. The van der Waals surface area contributed by atoms with Gasteiger partial charge in [0.05, 0.1) is 22.0 Å². The van der Waals surface area contributed by atoms with Crippen molar-refractivity contribution in [1.82, 2.24) is 4.98 Å². The van der Waals surface area contributed by atoms with Gasteiger partial charge in [0.25, 0.3) is 5.69 Å². The Bertz CT molecular complexity index is 439. The maximum Gasteiger partial charge on any atom is 0.291 e. The van der Waals surface area contributed by atoms with Crippen LogP contribution in [0.3, 0.4) is 0 Å². The smallest absolute Gasteiger partial charge is 0.291 e. The number of nitrogens with zero attached hydrogens (tertiary/aromatic N) is 3. The Labute approximate surface area is 108 Å². The Kier molecular flexibility index (Phi) is 4.41. The first-order valence-electron chi connectivity index (χ1n) is 5.03. The summed E-state index contributed by atoms with van der Waals surface area (Å²) < 4.78 is 0.578. The van der Waals surface area contributed by atoms with E-state index in [4.69, 9.17) is 5.11 Å². The van der Waals surface area contributed by atoms with Gasteiger partial charge in [-0.25, -0.2) is 4.98 Å². The van der Waals surface area contributed by atoms with Crippen molar-refractivity contribution in [1.29, 1.82) is 0 Å². The molecule has 1 atom stereocenters. The van der Waals surface area contributed by atoms with E-state index in [0.717, 1.165) is 0 Å². The first-order valence-corrected chi connectivity index (χ1v) is 5.82. The van der Waals surface area contributed by atoms with Crippen LogP contribution in [0, 0.1) is 17.0 Å². The minimum Gasteiger partial charge on any atom is -0.394 e. The second kappa shape index (κ2) is 5.42. The third-order valence-electron chi connectivity index (χ3n) is 2.68. The number of pyridine rings is 1. The van der Waals surface area contributed by atoms with Crippen molar-refractivity contribution in [2.75, 3.05) is 18.6 Å². The lowest BCUT2D eigenvalue weighted by molar-refractivity contribution is -0.385. The zero-order chi connectivity index (χ0) is 13.2. The number of anilines is 1. The lowest BCUT2D eigenvalue weighted by Crippen LogP contribution is -2.32. The van der Waals surface area contributed by atoms with E-state index in [9.17, 15) is 10.1 Å². The second-order valence-electron chi connectivity index (χ2n) is 3.81. The normalized spacial score (nSPS) is 12.3. The molecule has 0 aliphatic carbocycles. The predicted octanol–water partition coefficient (Wildman–Crippen LogP) is 1.88. The number of hydrogen-bond donors (Lipinski definition) is 1. The standard InChI is InChI=1S/C10H14BrN3O3/c1-6(5-15)13(3)10-9(11)7(2)8(4-12-10)14(16)17/h4,6,15H,5H2,1-3H3. The molecule has 0 aliphatic rings. The van der Waals surface area contributed by atoms with Crippen LogP contribution in [0.4, 0.5) is 11.5 Å². The van der Waals surface area contributed by atoms with Crippen molar-refractivity contribution < 1.29 is 10.0 Å². The number of aliphatic hydroxyl groups is 1. The third-order valence-corrected chi connectivity index (χ3v) is 3.62. The van der Waals surface area contributed by atoms with Gasteiger partial charge in [-0.1, -0.05) is 0 Å². The van der Waals surface area contributed by atoms with Crippen molar-refractivity contribution in [2.45, 2.75) is 19.9 Å². The quantitative estimate of drug-likeness (QED) is 0.678. The summed E-state index contributed by atoms with van der Waals surface area (Å²) in [7, 11) is 1.78. The molecule has 1 heterocycles. The third kappa shape index (κ3) is 2.73. The van der Waals surface area contributed by atoms with Crippen LogP contribution in [0.25, 0.3) is 0 Å². The Hall–Kier alpha value is -1.21. The fourth-order valence-electron chi connectivity index (χ4n) is 1.32. The number of rotatable bonds is 4. The van der Waals surface area contributed by atoms with E-state index < -0.39 is 4.92 Å². The van der Waals surface area contributed by atoms with Gasteiger partial charge in [0, 0.05) is 12.6 Å². The zero-order valence-corrected chi connectivity index (χ0v) is 11.4. The molecule has 0 amide bonds. The summed E-state index contributed by atoms with van der Waals surface area (Å²) in [5.74, 6) is 0.578. The van der Waals surface area contributed by atoms with E-state index in [1.54, 1.807) is 18.9 Å². The van der Waals surface area contributed by atoms with Crippen molar-refractivity contribution in [3.63, 3.8) is 0 Å². The van der Waals surface area contributed by atoms with Gasteiger partial charge in [0.1, 0.15) is 12.0 Å². The average molecular weight is 304 g/mol. The first-order chi connectivity index (χ1) is 7.90. The molecular formula is C10H14BrN3O3. The van der Waals surface area contributed by atoms with Crippen molar-refractivity contribution in [2.24, 2.45) is 0 Å². The van der Waals surface area contributed by atoms with E-state index in [1.807, 2.05) is 6.92 Å². The summed E-state index contributed by atoms with van der Waals surface area (Å²) in [5, 5.41) is 19.8. The molecule has 0 fully saturated rings. The number of aromatic nitrogens is 1. The molecule has 0 spiro atoms. The SMILES string of the molecule is Cc1c([N+](=O)[O-])cnc(N(C)C(C)CO)c1Br. The molecule has 1 N–H and O–H groups in total. The summed E-state index contributed by atoms with van der Waals surface area (Å²) in [6.07, 6.45) is 1.23. The number of halogens is 1. The largest absolute Gasteiger partial charge is 0.394 e.